The lowest BCUT2D eigenvalue weighted by molar-refractivity contribution is -0.140. The highest BCUT2D eigenvalue weighted by molar-refractivity contribution is 5.78. The number of carboxylic acid groups (broad SMARTS) is 1. The lowest BCUT2D eigenvalue weighted by atomic mass is 9.98. The molecule has 1 fully saturated rings. The number of fused-ring (bicyclic) bond motifs is 1. The normalized spacial score (nSPS) is 40.9. The zero-order valence-corrected chi connectivity index (χ0v) is 5.82. The van der Waals surface area contributed by atoms with Gasteiger partial charge < -0.3 is 5.11 Å². The van der Waals surface area contributed by atoms with Crippen LogP contribution < -0.4 is 10.9 Å². The molecule has 11 heavy (non-hydrogen) atoms. The molecule has 0 aromatic carbocycles. The van der Waals surface area contributed by atoms with Gasteiger partial charge in [-0.05, 0) is 0 Å². The predicted molar refractivity (Wildman–Crippen MR) is 38.3 cm³/mol. The Morgan fingerprint density at radius 3 is 3.18 bits per heavy atom. The Hall–Kier alpha value is -0.940. The summed E-state index contributed by atoms with van der Waals surface area (Å²) in [5, 5.41) is 8.70. The van der Waals surface area contributed by atoms with E-state index in [-0.39, 0.29) is 12.0 Å². The fourth-order valence-electron chi connectivity index (χ4n) is 1.52. The van der Waals surface area contributed by atoms with E-state index in [1.165, 1.54) is 0 Å². The molecule has 5 nitrogen and oxygen atoms in total. The van der Waals surface area contributed by atoms with Crippen LogP contribution in [-0.4, -0.2) is 35.9 Å². The number of hydrogen-bond donors (Lipinski definition) is 3. The first-order chi connectivity index (χ1) is 5.29. The Morgan fingerprint density at radius 1 is 1.64 bits per heavy atom. The van der Waals surface area contributed by atoms with Crippen molar-refractivity contribution >= 4 is 12.2 Å². The van der Waals surface area contributed by atoms with Crippen LogP contribution in [0.1, 0.15) is 0 Å². The molecular weight excluding hydrogens is 146 g/mol. The molecule has 0 spiro atoms. The molecule has 0 aromatic rings. The van der Waals surface area contributed by atoms with Crippen LogP contribution in [0.3, 0.4) is 0 Å². The number of nitrogens with zero attached hydrogens (tertiary/aromatic N) is 1. The molecule has 3 atom stereocenters. The lowest BCUT2D eigenvalue weighted by Gasteiger charge is -2.09. The molecule has 60 valence electrons. The Balaban J connectivity index is 2.12. The summed E-state index contributed by atoms with van der Waals surface area (Å²) in [6.07, 6.45) is 1.76. The van der Waals surface area contributed by atoms with Gasteiger partial charge in [0.15, 0.2) is 0 Å². The van der Waals surface area contributed by atoms with Gasteiger partial charge >= 0.3 is 5.97 Å². The SMILES string of the molecule is O=C(O)C1NNC2C=NCC21. The molecule has 3 N–H and O–H groups in total. The third kappa shape index (κ3) is 0.928. The van der Waals surface area contributed by atoms with E-state index in [9.17, 15) is 4.79 Å². The Labute approximate surface area is 63.5 Å². The van der Waals surface area contributed by atoms with Crippen LogP contribution in [0.4, 0.5) is 0 Å². The summed E-state index contributed by atoms with van der Waals surface area (Å²) in [6.45, 7) is 0.613. The number of nitrogens with one attached hydrogen (secondary N) is 2. The molecule has 0 radical (unpaired) electrons. The smallest absolute Gasteiger partial charge is 0.322 e. The Morgan fingerprint density at radius 2 is 2.45 bits per heavy atom. The van der Waals surface area contributed by atoms with E-state index in [2.05, 4.69) is 15.8 Å². The zero-order chi connectivity index (χ0) is 7.84. The molecule has 3 unspecified atom stereocenters. The van der Waals surface area contributed by atoms with Crippen LogP contribution in [0, 0.1) is 5.92 Å². The molecule has 5 heteroatoms. The van der Waals surface area contributed by atoms with Crippen molar-refractivity contribution in [1.82, 2.24) is 10.9 Å². The molecule has 0 bridgehead atoms. The van der Waals surface area contributed by atoms with Crippen LogP contribution in [0.25, 0.3) is 0 Å². The quantitative estimate of drug-likeness (QED) is 0.436. The molecule has 2 aliphatic heterocycles. The minimum atomic E-state index is -0.810. The molecule has 1 saturated heterocycles. The van der Waals surface area contributed by atoms with Gasteiger partial charge in [0.05, 0.1) is 6.04 Å². The summed E-state index contributed by atoms with van der Waals surface area (Å²) in [5.41, 5.74) is 5.59. The van der Waals surface area contributed by atoms with E-state index < -0.39 is 12.0 Å². The maximum Gasteiger partial charge on any atom is 0.322 e. The third-order valence-corrected chi connectivity index (χ3v) is 2.14. The first-order valence-electron chi connectivity index (χ1n) is 3.53. The van der Waals surface area contributed by atoms with Gasteiger partial charge in [-0.3, -0.25) is 9.79 Å². The van der Waals surface area contributed by atoms with Crippen LogP contribution >= 0.6 is 0 Å². The van der Waals surface area contributed by atoms with Crippen molar-refractivity contribution in [2.45, 2.75) is 12.1 Å². The highest BCUT2D eigenvalue weighted by Crippen LogP contribution is 2.18. The highest BCUT2D eigenvalue weighted by atomic mass is 16.4. The first-order valence-corrected chi connectivity index (χ1v) is 3.53. The molecule has 0 aromatic heterocycles. The third-order valence-electron chi connectivity index (χ3n) is 2.14. The van der Waals surface area contributed by atoms with E-state index in [0.717, 1.165) is 0 Å². The largest absolute Gasteiger partial charge is 0.480 e. The van der Waals surface area contributed by atoms with E-state index >= 15 is 0 Å². The average molecular weight is 155 g/mol. The second-order valence-corrected chi connectivity index (χ2v) is 2.81. The summed E-state index contributed by atoms with van der Waals surface area (Å²) in [4.78, 5) is 14.6. The summed E-state index contributed by atoms with van der Waals surface area (Å²) in [6, 6.07) is -0.376. The highest BCUT2D eigenvalue weighted by Gasteiger charge is 2.41. The average Bonchev–Trinajstić information content (AvgIpc) is 2.41. The number of aliphatic carboxylic acids is 1. The summed E-state index contributed by atoms with van der Waals surface area (Å²) < 4.78 is 0. The van der Waals surface area contributed by atoms with Gasteiger partial charge in [0.1, 0.15) is 6.04 Å². The minimum Gasteiger partial charge on any atom is -0.480 e. The van der Waals surface area contributed by atoms with Crippen molar-refractivity contribution in [3.63, 3.8) is 0 Å². The van der Waals surface area contributed by atoms with Crippen molar-refractivity contribution < 1.29 is 9.90 Å². The summed E-state index contributed by atoms with van der Waals surface area (Å²) >= 11 is 0. The number of carboxylic acids is 1. The fraction of sp³-hybridized carbons (Fsp3) is 0.667. The predicted octanol–water partition coefficient (Wildman–Crippen LogP) is -1.38. The van der Waals surface area contributed by atoms with Gasteiger partial charge in [-0.1, -0.05) is 0 Å². The van der Waals surface area contributed by atoms with Gasteiger partial charge in [-0.2, -0.15) is 0 Å². The van der Waals surface area contributed by atoms with E-state index in [0.29, 0.717) is 6.54 Å². The molecule has 2 heterocycles. The molecule has 0 aliphatic carbocycles. The molecular formula is C6H9N3O2. The summed E-state index contributed by atoms with van der Waals surface area (Å²) in [7, 11) is 0. The van der Waals surface area contributed by atoms with Gasteiger partial charge in [-0.15, -0.1) is 0 Å². The maximum absolute atomic E-state index is 10.6. The second kappa shape index (κ2) is 2.28. The molecule has 2 aliphatic rings. The molecule has 2 rings (SSSR count). The van der Waals surface area contributed by atoms with E-state index in [4.69, 9.17) is 5.11 Å². The molecule has 0 saturated carbocycles. The van der Waals surface area contributed by atoms with Crippen LogP contribution in [0.2, 0.25) is 0 Å². The first kappa shape index (κ1) is 6.75. The van der Waals surface area contributed by atoms with Gasteiger partial charge in [0.25, 0.3) is 0 Å². The Bertz CT molecular complexity index is 216. The standard InChI is InChI=1S/C6H9N3O2/c10-6(11)5-3-1-7-2-4(3)8-9-5/h2-5,8-9H,1H2,(H,10,11). The monoisotopic (exact) mass is 155 g/mol. The van der Waals surface area contributed by atoms with Crippen molar-refractivity contribution in [2.24, 2.45) is 10.9 Å². The number of aliphatic imine (C=N–C) groups is 1. The fourth-order valence-corrected chi connectivity index (χ4v) is 1.52. The van der Waals surface area contributed by atoms with E-state index in [1.807, 2.05) is 0 Å². The number of hydrogen-bond acceptors (Lipinski definition) is 4. The molecule has 0 amide bonds. The van der Waals surface area contributed by atoms with Gasteiger partial charge in [-0.25, -0.2) is 10.9 Å². The van der Waals surface area contributed by atoms with Crippen molar-refractivity contribution in [2.75, 3.05) is 6.54 Å². The van der Waals surface area contributed by atoms with Gasteiger partial charge in [0.2, 0.25) is 0 Å². The zero-order valence-electron chi connectivity index (χ0n) is 5.82. The van der Waals surface area contributed by atoms with Crippen molar-refractivity contribution in [1.29, 1.82) is 0 Å². The van der Waals surface area contributed by atoms with Gasteiger partial charge in [0, 0.05) is 18.7 Å². The number of hydrazine groups is 1. The number of rotatable bonds is 1. The summed E-state index contributed by atoms with van der Waals surface area (Å²) in [5.74, 6) is -0.719. The second-order valence-electron chi connectivity index (χ2n) is 2.81. The van der Waals surface area contributed by atoms with E-state index in [1.54, 1.807) is 6.21 Å². The van der Waals surface area contributed by atoms with Crippen LogP contribution in [0.5, 0.6) is 0 Å². The van der Waals surface area contributed by atoms with Crippen molar-refractivity contribution in [3.8, 4) is 0 Å². The minimum absolute atomic E-state index is 0.0903. The number of carbonyl (C=O) groups is 1. The van der Waals surface area contributed by atoms with Crippen LogP contribution in [-0.2, 0) is 4.79 Å². The Kier molecular flexibility index (Phi) is 1.40. The maximum atomic E-state index is 10.6. The topological polar surface area (TPSA) is 73.7 Å². The lowest BCUT2D eigenvalue weighted by Crippen LogP contribution is -2.39. The van der Waals surface area contributed by atoms with Crippen LogP contribution in [0.15, 0.2) is 4.99 Å². The van der Waals surface area contributed by atoms with Crippen molar-refractivity contribution in [3.05, 3.63) is 0 Å².